The minimum atomic E-state index is -0.886. The summed E-state index contributed by atoms with van der Waals surface area (Å²) >= 11 is 0. The Hall–Kier alpha value is -3.07. The first kappa shape index (κ1) is 14.5. The van der Waals surface area contributed by atoms with E-state index >= 15 is 0 Å². The molecule has 0 aliphatic rings. The Bertz CT molecular complexity index is 1070. The minimum absolute atomic E-state index is 0.368. The Labute approximate surface area is 139 Å². The summed E-state index contributed by atoms with van der Waals surface area (Å²) in [6, 6.07) is 19.5. The molecule has 0 spiro atoms. The van der Waals surface area contributed by atoms with Gasteiger partial charge >= 0.3 is 5.97 Å². The molecule has 0 aliphatic heterocycles. The van der Waals surface area contributed by atoms with Crippen LogP contribution in [0.25, 0.3) is 33.1 Å². The van der Waals surface area contributed by atoms with Gasteiger partial charge in [0.2, 0.25) is 0 Å². The molecule has 0 unspecified atom stereocenters. The Morgan fingerprint density at radius 3 is 2.42 bits per heavy atom. The van der Waals surface area contributed by atoms with E-state index in [2.05, 4.69) is 6.07 Å². The van der Waals surface area contributed by atoms with Crippen LogP contribution >= 0.6 is 0 Å². The summed E-state index contributed by atoms with van der Waals surface area (Å²) < 4.78 is 5.85. The third-order valence-electron chi connectivity index (χ3n) is 4.43. The zero-order valence-electron chi connectivity index (χ0n) is 13.2. The number of carboxylic acids is 1. The minimum Gasteiger partial charge on any atom is -0.478 e. The van der Waals surface area contributed by atoms with Gasteiger partial charge in [-0.15, -0.1) is 0 Å². The van der Waals surface area contributed by atoms with Gasteiger partial charge < -0.3 is 9.52 Å². The van der Waals surface area contributed by atoms with Crippen LogP contribution in [0, 0.1) is 0 Å². The first-order chi connectivity index (χ1) is 11.7. The first-order valence-electron chi connectivity index (χ1n) is 7.95. The number of furan rings is 1. The van der Waals surface area contributed by atoms with Gasteiger partial charge in [-0.1, -0.05) is 43.3 Å². The first-order valence-corrected chi connectivity index (χ1v) is 7.95. The molecule has 1 N–H and O–H groups in total. The van der Waals surface area contributed by atoms with Crippen LogP contribution in [0.4, 0.5) is 0 Å². The van der Waals surface area contributed by atoms with Gasteiger partial charge in [0.1, 0.15) is 11.2 Å². The summed E-state index contributed by atoms with van der Waals surface area (Å²) in [5.74, 6) is -0.886. The van der Waals surface area contributed by atoms with E-state index in [1.807, 2.05) is 55.5 Å². The number of benzene rings is 3. The Morgan fingerprint density at radius 1 is 0.917 bits per heavy atom. The van der Waals surface area contributed by atoms with Crippen molar-refractivity contribution in [3.63, 3.8) is 0 Å². The van der Waals surface area contributed by atoms with Gasteiger partial charge in [0.05, 0.1) is 5.56 Å². The van der Waals surface area contributed by atoms with E-state index in [0.717, 1.165) is 38.6 Å². The zero-order chi connectivity index (χ0) is 16.7. The van der Waals surface area contributed by atoms with E-state index in [1.165, 1.54) is 0 Å². The maximum atomic E-state index is 11.5. The second-order valence-corrected chi connectivity index (χ2v) is 5.84. The number of para-hydroxylation sites is 1. The van der Waals surface area contributed by atoms with Gasteiger partial charge in [0, 0.05) is 10.8 Å². The lowest BCUT2D eigenvalue weighted by Gasteiger charge is -2.08. The van der Waals surface area contributed by atoms with Crippen LogP contribution in [-0.2, 0) is 6.42 Å². The van der Waals surface area contributed by atoms with Crippen LogP contribution < -0.4 is 0 Å². The molecule has 1 heterocycles. The quantitative estimate of drug-likeness (QED) is 0.542. The molecular formula is C21H16O3. The molecule has 3 aromatic carbocycles. The predicted molar refractivity (Wildman–Crippen MR) is 95.5 cm³/mol. The van der Waals surface area contributed by atoms with E-state index in [4.69, 9.17) is 4.42 Å². The van der Waals surface area contributed by atoms with Gasteiger partial charge in [-0.05, 0) is 47.4 Å². The zero-order valence-corrected chi connectivity index (χ0v) is 13.2. The average molecular weight is 316 g/mol. The number of hydrogen-bond acceptors (Lipinski definition) is 2. The fraction of sp³-hybridized carbons (Fsp3) is 0.0952. The number of hydrogen-bond donors (Lipinski definition) is 1. The third-order valence-corrected chi connectivity index (χ3v) is 4.43. The molecule has 4 aromatic rings. The van der Waals surface area contributed by atoms with Crippen LogP contribution in [0.3, 0.4) is 0 Å². The van der Waals surface area contributed by atoms with Crippen LogP contribution in [0.5, 0.6) is 0 Å². The van der Waals surface area contributed by atoms with Crippen molar-refractivity contribution in [1.82, 2.24) is 0 Å². The van der Waals surface area contributed by atoms with Gasteiger partial charge in [-0.2, -0.15) is 0 Å². The molecule has 24 heavy (non-hydrogen) atoms. The Kier molecular flexibility index (Phi) is 3.35. The monoisotopic (exact) mass is 316 g/mol. The molecule has 0 bridgehead atoms. The summed E-state index contributed by atoms with van der Waals surface area (Å²) in [5.41, 5.74) is 4.80. The van der Waals surface area contributed by atoms with E-state index in [1.54, 1.807) is 6.07 Å². The molecule has 118 valence electrons. The van der Waals surface area contributed by atoms with Crippen molar-refractivity contribution in [2.75, 3.05) is 0 Å². The summed E-state index contributed by atoms with van der Waals surface area (Å²) in [6.45, 7) is 1.96. The summed E-state index contributed by atoms with van der Waals surface area (Å²) in [7, 11) is 0. The lowest BCUT2D eigenvalue weighted by Crippen LogP contribution is -2.01. The molecule has 0 amide bonds. The van der Waals surface area contributed by atoms with Crippen LogP contribution in [0.15, 0.2) is 65.1 Å². The molecular weight excluding hydrogens is 300 g/mol. The van der Waals surface area contributed by atoms with Crippen molar-refractivity contribution in [2.45, 2.75) is 13.3 Å². The predicted octanol–water partition coefficient (Wildman–Crippen LogP) is 5.51. The number of carboxylic acid groups (broad SMARTS) is 1. The van der Waals surface area contributed by atoms with E-state index in [-0.39, 0.29) is 0 Å². The van der Waals surface area contributed by atoms with Crippen molar-refractivity contribution in [3.05, 3.63) is 71.8 Å². The highest BCUT2D eigenvalue weighted by Crippen LogP contribution is 2.32. The van der Waals surface area contributed by atoms with Crippen molar-refractivity contribution in [1.29, 1.82) is 0 Å². The smallest absolute Gasteiger partial charge is 0.335 e. The van der Waals surface area contributed by atoms with Crippen molar-refractivity contribution < 1.29 is 14.3 Å². The normalized spacial score (nSPS) is 11.2. The van der Waals surface area contributed by atoms with E-state index < -0.39 is 5.97 Å². The van der Waals surface area contributed by atoms with E-state index in [0.29, 0.717) is 12.0 Å². The van der Waals surface area contributed by atoms with Gasteiger partial charge in [-0.3, -0.25) is 0 Å². The van der Waals surface area contributed by atoms with Crippen molar-refractivity contribution in [2.24, 2.45) is 0 Å². The average Bonchev–Trinajstić information content (AvgIpc) is 2.99. The molecule has 1 aromatic heterocycles. The summed E-state index contributed by atoms with van der Waals surface area (Å²) in [5, 5.41) is 11.5. The SMILES string of the molecule is CCc1ccc(-c2ccc3oc4ccccc4c3c2)cc1C(=O)O. The molecule has 4 rings (SSSR count). The number of rotatable bonds is 3. The second kappa shape index (κ2) is 5.53. The molecule has 3 heteroatoms. The van der Waals surface area contributed by atoms with Gasteiger partial charge in [0.25, 0.3) is 0 Å². The molecule has 0 saturated carbocycles. The van der Waals surface area contributed by atoms with Crippen LogP contribution in [0.1, 0.15) is 22.8 Å². The van der Waals surface area contributed by atoms with Gasteiger partial charge in [-0.25, -0.2) is 4.79 Å². The number of aryl methyl sites for hydroxylation is 1. The molecule has 0 saturated heterocycles. The largest absolute Gasteiger partial charge is 0.478 e. The molecule has 0 radical (unpaired) electrons. The van der Waals surface area contributed by atoms with Crippen molar-refractivity contribution in [3.8, 4) is 11.1 Å². The Morgan fingerprint density at radius 2 is 1.62 bits per heavy atom. The summed E-state index contributed by atoms with van der Waals surface area (Å²) in [4.78, 5) is 11.5. The van der Waals surface area contributed by atoms with E-state index in [9.17, 15) is 9.90 Å². The second-order valence-electron chi connectivity index (χ2n) is 5.84. The highest BCUT2D eigenvalue weighted by Gasteiger charge is 2.12. The van der Waals surface area contributed by atoms with Crippen molar-refractivity contribution >= 4 is 27.9 Å². The highest BCUT2D eigenvalue weighted by molar-refractivity contribution is 6.06. The lowest BCUT2D eigenvalue weighted by atomic mass is 9.97. The molecule has 3 nitrogen and oxygen atoms in total. The van der Waals surface area contributed by atoms with Gasteiger partial charge in [0.15, 0.2) is 0 Å². The maximum absolute atomic E-state index is 11.5. The molecule has 0 atom stereocenters. The fourth-order valence-corrected chi connectivity index (χ4v) is 3.17. The van der Waals surface area contributed by atoms with Crippen LogP contribution in [-0.4, -0.2) is 11.1 Å². The fourth-order valence-electron chi connectivity index (χ4n) is 3.17. The maximum Gasteiger partial charge on any atom is 0.335 e. The molecule has 0 fully saturated rings. The summed E-state index contributed by atoms with van der Waals surface area (Å²) in [6.07, 6.45) is 0.702. The Balaban J connectivity index is 1.91. The van der Waals surface area contributed by atoms with Crippen LogP contribution in [0.2, 0.25) is 0 Å². The highest BCUT2D eigenvalue weighted by atomic mass is 16.4. The number of carbonyl (C=O) groups is 1. The third kappa shape index (κ3) is 2.26. The number of fused-ring (bicyclic) bond motifs is 3. The molecule has 0 aliphatic carbocycles. The lowest BCUT2D eigenvalue weighted by molar-refractivity contribution is 0.0696. The number of aromatic carboxylic acids is 1. The standard InChI is InChI=1S/C21H16O3/c1-2-13-7-8-14(11-17(13)21(22)23)15-9-10-20-18(12-15)16-5-3-4-6-19(16)24-20/h3-12H,2H2,1H3,(H,22,23). The topological polar surface area (TPSA) is 50.4 Å².